The van der Waals surface area contributed by atoms with Gasteiger partial charge in [0.2, 0.25) is 0 Å². The Morgan fingerprint density at radius 1 is 1.14 bits per heavy atom. The molecule has 2 atom stereocenters. The third kappa shape index (κ3) is 3.79. The van der Waals surface area contributed by atoms with Crippen molar-refractivity contribution in [1.82, 2.24) is 15.8 Å². The van der Waals surface area contributed by atoms with Gasteiger partial charge in [-0.1, -0.05) is 18.2 Å². The van der Waals surface area contributed by atoms with Crippen LogP contribution >= 0.6 is 12.6 Å². The quantitative estimate of drug-likeness (QED) is 0.314. The topological polar surface area (TPSA) is 114 Å². The van der Waals surface area contributed by atoms with E-state index in [-0.39, 0.29) is 12.2 Å². The van der Waals surface area contributed by atoms with E-state index in [0.717, 1.165) is 16.5 Å². The normalized spacial score (nSPS) is 13.9. The summed E-state index contributed by atoms with van der Waals surface area (Å²) in [7, 11) is 0. The predicted octanol–water partition coefficient (Wildman–Crippen LogP) is 0.641. The molecule has 7 nitrogen and oxygen atoms in total. The number of rotatable bonds is 8. The Morgan fingerprint density at radius 2 is 1.77 bits per heavy atom. The van der Waals surface area contributed by atoms with Gasteiger partial charge >= 0.3 is 11.9 Å². The first kappa shape index (κ1) is 16.3. The van der Waals surface area contributed by atoms with Crippen LogP contribution in [0.5, 0.6) is 0 Å². The first-order valence-electron chi connectivity index (χ1n) is 6.65. The van der Waals surface area contributed by atoms with Crippen molar-refractivity contribution in [2.75, 3.05) is 5.75 Å². The summed E-state index contributed by atoms with van der Waals surface area (Å²) in [5.74, 6) is -2.12. The van der Waals surface area contributed by atoms with Crippen LogP contribution in [0.3, 0.4) is 0 Å². The number of aliphatic carboxylic acids is 2. The van der Waals surface area contributed by atoms with Gasteiger partial charge in [-0.3, -0.25) is 9.59 Å². The number of hydrazine groups is 1. The fourth-order valence-electron chi connectivity index (χ4n) is 2.11. The van der Waals surface area contributed by atoms with Crippen molar-refractivity contribution >= 4 is 35.5 Å². The average Bonchev–Trinajstić information content (AvgIpc) is 2.89. The van der Waals surface area contributed by atoms with Gasteiger partial charge in [0.15, 0.2) is 0 Å². The molecule has 0 saturated carbocycles. The summed E-state index contributed by atoms with van der Waals surface area (Å²) in [6, 6.07) is 5.65. The number of para-hydroxylation sites is 1. The van der Waals surface area contributed by atoms with Crippen LogP contribution in [0.15, 0.2) is 30.5 Å². The molecule has 22 heavy (non-hydrogen) atoms. The van der Waals surface area contributed by atoms with Gasteiger partial charge in [-0.15, -0.1) is 0 Å². The van der Waals surface area contributed by atoms with Gasteiger partial charge < -0.3 is 15.2 Å². The molecule has 0 aliphatic rings. The summed E-state index contributed by atoms with van der Waals surface area (Å²) >= 11 is 3.91. The zero-order valence-electron chi connectivity index (χ0n) is 11.6. The van der Waals surface area contributed by atoms with Crippen molar-refractivity contribution < 1.29 is 19.8 Å². The number of hydrogen-bond donors (Lipinski definition) is 6. The Bertz CT molecular complexity index is 673. The molecule has 2 aromatic rings. The minimum atomic E-state index is -1.10. The molecule has 0 fully saturated rings. The number of H-pyrrole nitrogens is 1. The van der Waals surface area contributed by atoms with Gasteiger partial charge in [0.05, 0.1) is 0 Å². The highest BCUT2D eigenvalue weighted by molar-refractivity contribution is 7.80. The molecule has 0 bridgehead atoms. The van der Waals surface area contributed by atoms with Crippen LogP contribution < -0.4 is 10.9 Å². The largest absolute Gasteiger partial charge is 0.480 e. The lowest BCUT2D eigenvalue weighted by Gasteiger charge is -2.18. The second-order valence-corrected chi connectivity index (χ2v) is 5.18. The Morgan fingerprint density at radius 3 is 2.41 bits per heavy atom. The zero-order chi connectivity index (χ0) is 16.1. The molecule has 1 heterocycles. The monoisotopic (exact) mass is 323 g/mol. The van der Waals surface area contributed by atoms with Gasteiger partial charge in [-0.25, -0.2) is 10.9 Å². The lowest BCUT2D eigenvalue weighted by Crippen LogP contribution is -2.53. The van der Waals surface area contributed by atoms with Crippen molar-refractivity contribution in [2.24, 2.45) is 0 Å². The molecule has 8 heteroatoms. The molecule has 118 valence electrons. The number of aromatic nitrogens is 1. The maximum absolute atomic E-state index is 11.4. The summed E-state index contributed by atoms with van der Waals surface area (Å²) in [4.78, 5) is 25.3. The van der Waals surface area contributed by atoms with Crippen molar-refractivity contribution in [3.8, 4) is 0 Å². The van der Waals surface area contributed by atoms with Crippen molar-refractivity contribution in [3.05, 3.63) is 36.0 Å². The number of thiol groups is 1. The molecule has 1 aromatic carbocycles. The first-order chi connectivity index (χ1) is 10.5. The van der Waals surface area contributed by atoms with Crippen molar-refractivity contribution in [3.63, 3.8) is 0 Å². The maximum atomic E-state index is 11.4. The molecule has 0 radical (unpaired) electrons. The summed E-state index contributed by atoms with van der Waals surface area (Å²) in [6.45, 7) is 0. The maximum Gasteiger partial charge on any atom is 0.322 e. The number of aromatic amines is 1. The standard InChI is InChI=1S/C14H17N3O4S/c18-13(19)11(16-17-12(7-22)14(20)21)5-8-6-15-10-4-2-1-3-9(8)10/h1-4,6,11-12,15-17,22H,5,7H2,(H,18,19)(H,20,21)/t11-,12-/m0/s1. The van der Waals surface area contributed by atoms with Crippen LogP contribution in [-0.4, -0.2) is 45.0 Å². The summed E-state index contributed by atoms with van der Waals surface area (Å²) in [6.07, 6.45) is 1.97. The minimum absolute atomic E-state index is 0.0434. The number of carboxylic acids is 2. The van der Waals surface area contributed by atoms with Crippen LogP contribution in [0.25, 0.3) is 10.9 Å². The summed E-state index contributed by atoms with van der Waals surface area (Å²) in [5, 5.41) is 19.2. The van der Waals surface area contributed by atoms with E-state index in [9.17, 15) is 14.7 Å². The van der Waals surface area contributed by atoms with Gasteiger partial charge in [0.1, 0.15) is 12.1 Å². The van der Waals surface area contributed by atoms with Crippen LogP contribution in [0, 0.1) is 0 Å². The van der Waals surface area contributed by atoms with Gasteiger partial charge in [0, 0.05) is 29.3 Å². The van der Waals surface area contributed by atoms with Crippen LogP contribution in [0.2, 0.25) is 0 Å². The smallest absolute Gasteiger partial charge is 0.322 e. The van der Waals surface area contributed by atoms with Crippen LogP contribution in [0.4, 0.5) is 0 Å². The molecule has 1 aromatic heterocycles. The number of benzene rings is 1. The van der Waals surface area contributed by atoms with Gasteiger partial charge in [0.25, 0.3) is 0 Å². The first-order valence-corrected chi connectivity index (χ1v) is 7.28. The molecule has 0 spiro atoms. The van der Waals surface area contributed by atoms with Crippen LogP contribution in [-0.2, 0) is 16.0 Å². The Hall–Kier alpha value is -2.03. The highest BCUT2D eigenvalue weighted by Gasteiger charge is 2.22. The Balaban J connectivity index is 2.09. The molecule has 0 aliphatic carbocycles. The fraction of sp³-hybridized carbons (Fsp3) is 0.286. The molecule has 0 saturated heterocycles. The van der Waals surface area contributed by atoms with E-state index >= 15 is 0 Å². The number of nitrogens with one attached hydrogen (secondary N) is 3. The molecule has 0 amide bonds. The Labute approximate surface area is 132 Å². The molecule has 0 unspecified atom stereocenters. The van der Waals surface area contributed by atoms with E-state index in [1.165, 1.54) is 0 Å². The minimum Gasteiger partial charge on any atom is -0.480 e. The van der Waals surface area contributed by atoms with E-state index in [1.807, 2.05) is 24.3 Å². The highest BCUT2D eigenvalue weighted by atomic mass is 32.1. The summed E-state index contributed by atoms with van der Waals surface area (Å²) in [5.41, 5.74) is 6.82. The Kier molecular flexibility index (Phi) is 5.42. The predicted molar refractivity (Wildman–Crippen MR) is 85.0 cm³/mol. The van der Waals surface area contributed by atoms with E-state index in [0.29, 0.717) is 0 Å². The van der Waals surface area contributed by atoms with Gasteiger partial charge in [-0.05, 0) is 11.6 Å². The second kappa shape index (κ2) is 7.30. The third-order valence-electron chi connectivity index (χ3n) is 3.31. The van der Waals surface area contributed by atoms with Crippen molar-refractivity contribution in [1.29, 1.82) is 0 Å². The average molecular weight is 323 g/mol. The number of fused-ring (bicyclic) bond motifs is 1. The van der Waals surface area contributed by atoms with Gasteiger partial charge in [-0.2, -0.15) is 12.6 Å². The molecule has 2 rings (SSSR count). The summed E-state index contributed by atoms with van der Waals surface area (Å²) < 4.78 is 0. The number of carboxylic acid groups (broad SMARTS) is 2. The van der Waals surface area contributed by atoms with E-state index in [1.54, 1.807) is 6.20 Å². The molecular weight excluding hydrogens is 306 g/mol. The lowest BCUT2D eigenvalue weighted by molar-refractivity contribution is -0.142. The third-order valence-corrected chi connectivity index (χ3v) is 3.67. The van der Waals surface area contributed by atoms with E-state index in [2.05, 4.69) is 28.5 Å². The van der Waals surface area contributed by atoms with Crippen LogP contribution in [0.1, 0.15) is 5.56 Å². The highest BCUT2D eigenvalue weighted by Crippen LogP contribution is 2.19. The number of hydrogen-bond acceptors (Lipinski definition) is 5. The van der Waals surface area contributed by atoms with Crippen molar-refractivity contribution in [2.45, 2.75) is 18.5 Å². The molecule has 0 aliphatic heterocycles. The van der Waals surface area contributed by atoms with E-state index in [4.69, 9.17) is 5.11 Å². The van der Waals surface area contributed by atoms with E-state index < -0.39 is 24.0 Å². The number of carbonyl (C=O) groups is 2. The fourth-order valence-corrected chi connectivity index (χ4v) is 2.35. The second-order valence-electron chi connectivity index (χ2n) is 4.82. The molecule has 5 N–H and O–H groups in total. The molecular formula is C14H17N3O4S. The SMILES string of the molecule is O=C(O)[C@H](CS)NN[C@@H](Cc1c[nH]c2ccccc12)C(=O)O. The lowest BCUT2D eigenvalue weighted by atomic mass is 10.1. The zero-order valence-corrected chi connectivity index (χ0v) is 12.5.